The Hall–Kier alpha value is -4.37. The van der Waals surface area contributed by atoms with Gasteiger partial charge in [-0.2, -0.15) is 9.67 Å². The summed E-state index contributed by atoms with van der Waals surface area (Å²) in [5.74, 6) is -0.297. The Kier molecular flexibility index (Phi) is 6.07. The normalized spacial score (nSPS) is 15.8. The molecule has 2 heterocycles. The van der Waals surface area contributed by atoms with Crippen LogP contribution in [0.15, 0.2) is 83.7 Å². The second kappa shape index (κ2) is 9.47. The van der Waals surface area contributed by atoms with Crippen molar-refractivity contribution in [2.75, 3.05) is 5.32 Å². The largest absolute Gasteiger partial charge is 0.478 e. The molecule has 0 bridgehead atoms. The van der Waals surface area contributed by atoms with Gasteiger partial charge in [-0.25, -0.2) is 14.2 Å². The van der Waals surface area contributed by atoms with Gasteiger partial charge in [-0.1, -0.05) is 53.2 Å². The molecule has 35 heavy (non-hydrogen) atoms. The van der Waals surface area contributed by atoms with Crippen molar-refractivity contribution < 1.29 is 14.3 Å². The zero-order valence-electron chi connectivity index (χ0n) is 18.1. The summed E-state index contributed by atoms with van der Waals surface area (Å²) in [6.45, 7) is 0. The number of carboxylic acid groups (broad SMARTS) is 1. The van der Waals surface area contributed by atoms with Gasteiger partial charge in [0.05, 0.1) is 10.5 Å². The molecule has 1 unspecified atom stereocenters. The highest BCUT2D eigenvalue weighted by molar-refractivity contribution is 6.30. The topological polar surface area (TPSA) is 106 Å². The molecular formula is C25H18ClFN6O2. The van der Waals surface area contributed by atoms with Crippen molar-refractivity contribution in [3.63, 3.8) is 0 Å². The number of benzene rings is 2. The Morgan fingerprint density at radius 3 is 2.91 bits per heavy atom. The van der Waals surface area contributed by atoms with Crippen molar-refractivity contribution in [1.29, 1.82) is 0 Å². The van der Waals surface area contributed by atoms with Gasteiger partial charge in [0.2, 0.25) is 5.95 Å². The first kappa shape index (κ1) is 22.4. The van der Waals surface area contributed by atoms with Crippen LogP contribution in [-0.4, -0.2) is 42.2 Å². The van der Waals surface area contributed by atoms with Crippen molar-refractivity contribution in [3.05, 3.63) is 89.2 Å². The fraction of sp³-hybridized carbons (Fsp3) is 0.0800. The monoisotopic (exact) mass is 488 g/mol. The van der Waals surface area contributed by atoms with E-state index in [1.807, 2.05) is 42.5 Å². The van der Waals surface area contributed by atoms with E-state index in [1.54, 1.807) is 23.0 Å². The quantitative estimate of drug-likeness (QED) is 0.362. The molecule has 2 aromatic carbocycles. The highest BCUT2D eigenvalue weighted by Crippen LogP contribution is 2.29. The van der Waals surface area contributed by atoms with E-state index in [0.717, 1.165) is 17.2 Å². The van der Waals surface area contributed by atoms with Crippen LogP contribution in [0.4, 0.5) is 10.3 Å². The summed E-state index contributed by atoms with van der Waals surface area (Å²) in [5, 5.41) is 20.7. The van der Waals surface area contributed by atoms with E-state index < -0.39 is 12.1 Å². The molecule has 0 fully saturated rings. The van der Waals surface area contributed by atoms with Crippen LogP contribution in [0.5, 0.6) is 0 Å². The third-order valence-corrected chi connectivity index (χ3v) is 5.68. The Morgan fingerprint density at radius 1 is 1.23 bits per heavy atom. The summed E-state index contributed by atoms with van der Waals surface area (Å²) < 4.78 is 15.3. The number of carbonyl (C=O) groups is 1. The van der Waals surface area contributed by atoms with Crippen LogP contribution >= 0.6 is 11.6 Å². The third-order valence-electron chi connectivity index (χ3n) is 5.33. The molecule has 8 nitrogen and oxygen atoms in total. The molecule has 5 rings (SSSR count). The molecule has 4 aromatic rings. The molecule has 2 aromatic heterocycles. The Morgan fingerprint density at radius 2 is 2.09 bits per heavy atom. The van der Waals surface area contributed by atoms with E-state index in [0.29, 0.717) is 28.2 Å². The number of alkyl halides is 1. The molecule has 1 aliphatic carbocycles. The zero-order valence-corrected chi connectivity index (χ0v) is 18.9. The van der Waals surface area contributed by atoms with Gasteiger partial charge in [0.25, 0.3) is 0 Å². The van der Waals surface area contributed by atoms with Gasteiger partial charge in [0.1, 0.15) is 11.7 Å². The van der Waals surface area contributed by atoms with E-state index in [-0.39, 0.29) is 17.4 Å². The Bertz CT molecular complexity index is 1530. The number of carboxylic acids is 1. The fourth-order valence-corrected chi connectivity index (χ4v) is 3.86. The van der Waals surface area contributed by atoms with Gasteiger partial charge < -0.3 is 10.4 Å². The second-order valence-electron chi connectivity index (χ2n) is 7.73. The van der Waals surface area contributed by atoms with Gasteiger partial charge in [-0.05, 0) is 41.5 Å². The van der Waals surface area contributed by atoms with Gasteiger partial charge >= 0.3 is 5.97 Å². The Balaban J connectivity index is 1.61. The number of aliphatic carboxylic acids is 1. The van der Waals surface area contributed by atoms with Crippen LogP contribution in [0.3, 0.4) is 0 Å². The van der Waals surface area contributed by atoms with E-state index >= 15 is 0 Å². The van der Waals surface area contributed by atoms with Crippen molar-refractivity contribution >= 4 is 40.6 Å². The number of para-hydroxylation sites is 1. The number of anilines is 1. The highest BCUT2D eigenvalue weighted by Gasteiger charge is 2.18. The van der Waals surface area contributed by atoms with Crippen LogP contribution in [0.1, 0.15) is 12.0 Å². The van der Waals surface area contributed by atoms with E-state index in [9.17, 15) is 9.18 Å². The van der Waals surface area contributed by atoms with Crippen LogP contribution in [0, 0.1) is 0 Å². The molecule has 1 atom stereocenters. The maximum absolute atomic E-state index is 13.7. The smallest absolute Gasteiger partial charge is 0.328 e. The van der Waals surface area contributed by atoms with Gasteiger partial charge in [-0.15, -0.1) is 5.10 Å². The lowest BCUT2D eigenvalue weighted by atomic mass is 10.0. The molecule has 1 aliphatic rings. The first-order valence-electron chi connectivity index (χ1n) is 10.7. The molecule has 0 radical (unpaired) electrons. The molecule has 0 aliphatic heterocycles. The maximum Gasteiger partial charge on any atom is 0.328 e. The number of hydrogen-bond donors (Lipinski definition) is 2. The predicted octanol–water partition coefficient (Wildman–Crippen LogP) is 5.14. The van der Waals surface area contributed by atoms with Crippen molar-refractivity contribution in [2.24, 2.45) is 0 Å². The SMILES string of the molecule is O=C(O)/C=C/c1cccc(-c2cnc(NC3=CCC(F)C(Cl)=C3)nc2-n2nnc3ccccc32)c1. The number of fused-ring (bicyclic) bond motifs is 1. The summed E-state index contributed by atoms with van der Waals surface area (Å²) in [6.07, 6.45) is 6.38. The standard InChI is InChI=1S/C25H18ClFN6O2/c26-19-13-17(9-10-20(19)27)29-25-28-14-18(16-5-3-4-15(12-16)8-11-23(34)35)24(30-25)33-22-7-2-1-6-21(22)31-32-33/h1-9,11-14,20H,10H2,(H,34,35)(H,28,29,30)/b11-8+. The fourth-order valence-electron chi connectivity index (χ4n) is 3.66. The summed E-state index contributed by atoms with van der Waals surface area (Å²) in [6, 6.07) is 14.8. The van der Waals surface area contributed by atoms with Crippen molar-refractivity contribution in [2.45, 2.75) is 12.6 Å². The minimum absolute atomic E-state index is 0.111. The number of allylic oxidation sites excluding steroid dienone is 3. The lowest BCUT2D eigenvalue weighted by Gasteiger charge is -2.15. The highest BCUT2D eigenvalue weighted by atomic mass is 35.5. The lowest BCUT2D eigenvalue weighted by molar-refractivity contribution is -0.131. The summed E-state index contributed by atoms with van der Waals surface area (Å²) in [7, 11) is 0. The van der Waals surface area contributed by atoms with E-state index in [4.69, 9.17) is 21.7 Å². The van der Waals surface area contributed by atoms with Crippen LogP contribution in [0.25, 0.3) is 34.1 Å². The van der Waals surface area contributed by atoms with Gasteiger partial charge in [-0.3, -0.25) is 0 Å². The first-order chi connectivity index (χ1) is 17.0. The number of aromatic nitrogens is 5. The lowest BCUT2D eigenvalue weighted by Crippen LogP contribution is -2.12. The number of nitrogens with one attached hydrogen (secondary N) is 1. The van der Waals surface area contributed by atoms with Gasteiger partial charge in [0.15, 0.2) is 5.82 Å². The molecule has 0 saturated heterocycles. The average Bonchev–Trinajstić information content (AvgIpc) is 3.29. The van der Waals surface area contributed by atoms with Gasteiger partial charge in [0, 0.05) is 30.0 Å². The van der Waals surface area contributed by atoms with E-state index in [2.05, 4.69) is 20.6 Å². The van der Waals surface area contributed by atoms with Crippen molar-refractivity contribution in [3.8, 4) is 16.9 Å². The molecule has 0 spiro atoms. The zero-order chi connectivity index (χ0) is 24.4. The van der Waals surface area contributed by atoms with E-state index in [1.165, 1.54) is 12.2 Å². The first-order valence-corrected chi connectivity index (χ1v) is 11.0. The minimum Gasteiger partial charge on any atom is -0.478 e. The molecule has 174 valence electrons. The van der Waals surface area contributed by atoms with Crippen LogP contribution in [0.2, 0.25) is 0 Å². The Labute approximate surface area is 204 Å². The summed E-state index contributed by atoms with van der Waals surface area (Å²) in [5.41, 5.74) is 4.16. The number of hydrogen-bond acceptors (Lipinski definition) is 6. The second-order valence-corrected chi connectivity index (χ2v) is 8.17. The molecular weight excluding hydrogens is 471 g/mol. The maximum atomic E-state index is 13.7. The van der Waals surface area contributed by atoms with Crippen LogP contribution < -0.4 is 5.32 Å². The third kappa shape index (κ3) is 4.80. The number of nitrogens with zero attached hydrogens (tertiary/aromatic N) is 5. The summed E-state index contributed by atoms with van der Waals surface area (Å²) in [4.78, 5) is 20.1. The number of rotatable bonds is 6. The minimum atomic E-state index is -1.22. The molecule has 10 heteroatoms. The summed E-state index contributed by atoms with van der Waals surface area (Å²) >= 11 is 5.97. The van der Waals surface area contributed by atoms with Crippen molar-refractivity contribution in [1.82, 2.24) is 25.0 Å². The molecule has 0 amide bonds. The molecule has 2 N–H and O–H groups in total. The number of halogens is 2. The van der Waals surface area contributed by atoms with Crippen LogP contribution in [-0.2, 0) is 4.79 Å². The predicted molar refractivity (Wildman–Crippen MR) is 132 cm³/mol. The molecule has 0 saturated carbocycles. The average molecular weight is 489 g/mol.